The molecule has 1 atom stereocenters. The number of carbonyl (C=O) groups is 1. The summed E-state index contributed by atoms with van der Waals surface area (Å²) in [5, 5.41) is 0. The number of rotatable bonds is 3. The van der Waals surface area contributed by atoms with Crippen LogP contribution in [0.1, 0.15) is 23.5 Å². The van der Waals surface area contributed by atoms with E-state index in [0.717, 1.165) is 26.8 Å². The van der Waals surface area contributed by atoms with Crippen LogP contribution in [0.25, 0.3) is 10.4 Å². The van der Waals surface area contributed by atoms with Gasteiger partial charge in [-0.15, -0.1) is 11.3 Å². The van der Waals surface area contributed by atoms with Gasteiger partial charge in [-0.2, -0.15) is 0 Å². The van der Waals surface area contributed by atoms with E-state index in [1.807, 2.05) is 35.2 Å². The number of nitrogens with zero attached hydrogens (tertiary/aromatic N) is 1. The van der Waals surface area contributed by atoms with E-state index in [9.17, 15) is 4.79 Å². The van der Waals surface area contributed by atoms with Crippen molar-refractivity contribution in [2.24, 2.45) is 5.92 Å². The fourth-order valence-corrected chi connectivity index (χ4v) is 4.19. The monoisotopic (exact) mass is 373 g/mol. The number of hydrogen-bond donors (Lipinski definition) is 0. The third-order valence-corrected chi connectivity index (χ3v) is 5.89. The Hall–Kier alpha value is -2.05. The van der Waals surface area contributed by atoms with Crippen LogP contribution in [0.15, 0.2) is 30.3 Å². The van der Waals surface area contributed by atoms with Gasteiger partial charge in [-0.1, -0.05) is 13.8 Å². The maximum Gasteiger partial charge on any atom is 0.264 e. The predicted octanol–water partition coefficient (Wildman–Crippen LogP) is 3.68. The van der Waals surface area contributed by atoms with Crippen molar-refractivity contribution in [2.45, 2.75) is 20.0 Å². The van der Waals surface area contributed by atoms with E-state index in [1.54, 1.807) is 0 Å². The van der Waals surface area contributed by atoms with Crippen molar-refractivity contribution < 1.29 is 19.0 Å². The van der Waals surface area contributed by atoms with Crippen molar-refractivity contribution in [3.8, 4) is 21.9 Å². The van der Waals surface area contributed by atoms with Gasteiger partial charge in [-0.05, 0) is 41.8 Å². The highest BCUT2D eigenvalue weighted by Crippen LogP contribution is 2.37. The number of fused-ring (bicyclic) bond motifs is 1. The topological polar surface area (TPSA) is 48.0 Å². The van der Waals surface area contributed by atoms with Crippen molar-refractivity contribution in [1.29, 1.82) is 0 Å². The Morgan fingerprint density at radius 2 is 1.92 bits per heavy atom. The van der Waals surface area contributed by atoms with Crippen molar-refractivity contribution in [3.63, 3.8) is 0 Å². The summed E-state index contributed by atoms with van der Waals surface area (Å²) in [5.74, 6) is 2.04. The molecule has 5 nitrogen and oxygen atoms in total. The smallest absolute Gasteiger partial charge is 0.264 e. The molecule has 1 amide bonds. The summed E-state index contributed by atoms with van der Waals surface area (Å²) in [6, 6.07) is 9.85. The average Bonchev–Trinajstić information content (AvgIpc) is 3.17. The fraction of sp³-hybridized carbons (Fsp3) is 0.450. The Labute approximate surface area is 157 Å². The fourth-order valence-electron chi connectivity index (χ4n) is 3.22. The van der Waals surface area contributed by atoms with Crippen molar-refractivity contribution >= 4 is 17.2 Å². The van der Waals surface area contributed by atoms with Crippen LogP contribution in [-0.2, 0) is 4.74 Å². The van der Waals surface area contributed by atoms with Gasteiger partial charge in [0.15, 0.2) is 11.5 Å². The lowest BCUT2D eigenvalue weighted by Crippen LogP contribution is -2.47. The minimum absolute atomic E-state index is 0.0905. The molecule has 3 heterocycles. The highest BCUT2D eigenvalue weighted by molar-refractivity contribution is 7.17. The van der Waals surface area contributed by atoms with Crippen LogP contribution in [0.4, 0.5) is 0 Å². The maximum absolute atomic E-state index is 12.9. The van der Waals surface area contributed by atoms with Gasteiger partial charge >= 0.3 is 0 Å². The van der Waals surface area contributed by atoms with E-state index >= 15 is 0 Å². The number of morpholine rings is 1. The van der Waals surface area contributed by atoms with Gasteiger partial charge in [0.25, 0.3) is 5.91 Å². The zero-order chi connectivity index (χ0) is 18.1. The van der Waals surface area contributed by atoms with Crippen molar-refractivity contribution in [1.82, 2.24) is 4.90 Å². The number of amides is 1. The van der Waals surface area contributed by atoms with E-state index < -0.39 is 0 Å². The molecule has 0 unspecified atom stereocenters. The van der Waals surface area contributed by atoms with Gasteiger partial charge < -0.3 is 19.1 Å². The number of hydrogen-bond acceptors (Lipinski definition) is 5. The van der Waals surface area contributed by atoms with Crippen LogP contribution in [0.5, 0.6) is 11.5 Å². The van der Waals surface area contributed by atoms with Gasteiger partial charge in [0.1, 0.15) is 13.2 Å². The molecule has 1 fully saturated rings. The quantitative estimate of drug-likeness (QED) is 0.823. The lowest BCUT2D eigenvalue weighted by molar-refractivity contribution is -0.0419. The molecular formula is C20H23NO4S. The summed E-state index contributed by atoms with van der Waals surface area (Å²) < 4.78 is 17.0. The van der Waals surface area contributed by atoms with Gasteiger partial charge in [-0.3, -0.25) is 4.79 Å². The lowest BCUT2D eigenvalue weighted by atomic mass is 10.1. The summed E-state index contributed by atoms with van der Waals surface area (Å²) in [6.07, 6.45) is 0.116. The number of ether oxygens (including phenoxy) is 3. The second kappa shape index (κ2) is 7.29. The third-order valence-electron chi connectivity index (χ3n) is 4.77. The van der Waals surface area contributed by atoms with Gasteiger partial charge in [-0.25, -0.2) is 0 Å². The molecule has 0 saturated carbocycles. The molecule has 1 aromatic carbocycles. The first-order valence-corrected chi connectivity index (χ1v) is 9.84. The Balaban J connectivity index is 1.51. The Kier molecular flexibility index (Phi) is 4.87. The molecule has 2 aliphatic heterocycles. The number of carbonyl (C=O) groups excluding carboxylic acids is 1. The first-order chi connectivity index (χ1) is 12.6. The first kappa shape index (κ1) is 17.4. The highest BCUT2D eigenvalue weighted by Gasteiger charge is 2.27. The average molecular weight is 373 g/mol. The molecule has 0 aliphatic carbocycles. The van der Waals surface area contributed by atoms with Crippen LogP contribution < -0.4 is 9.47 Å². The third kappa shape index (κ3) is 3.44. The molecular weight excluding hydrogens is 350 g/mol. The Morgan fingerprint density at radius 1 is 1.12 bits per heavy atom. The zero-order valence-electron chi connectivity index (χ0n) is 15.1. The summed E-state index contributed by atoms with van der Waals surface area (Å²) >= 11 is 1.52. The van der Waals surface area contributed by atoms with Crippen LogP contribution in [0.2, 0.25) is 0 Å². The van der Waals surface area contributed by atoms with Gasteiger partial charge in [0, 0.05) is 18.0 Å². The predicted molar refractivity (Wildman–Crippen MR) is 101 cm³/mol. The first-order valence-electron chi connectivity index (χ1n) is 9.02. The minimum Gasteiger partial charge on any atom is -0.486 e. The lowest BCUT2D eigenvalue weighted by Gasteiger charge is -2.34. The SMILES string of the molecule is CC(C)[C@@H]1CN(C(=O)c2ccc(-c3ccc4c(c3)OCCO4)s2)CCO1. The zero-order valence-corrected chi connectivity index (χ0v) is 15.9. The van der Waals surface area contributed by atoms with E-state index in [4.69, 9.17) is 14.2 Å². The highest BCUT2D eigenvalue weighted by atomic mass is 32.1. The molecule has 138 valence electrons. The standard InChI is InChI=1S/C20H23NO4S/c1-13(2)17-12-21(7-8-23-17)20(22)19-6-5-18(26-19)14-3-4-15-16(11-14)25-10-9-24-15/h3-6,11,13,17H,7-10,12H2,1-2H3/t17-/m0/s1. The second-order valence-corrected chi connectivity index (χ2v) is 8.01. The molecule has 4 rings (SSSR count). The molecule has 1 saturated heterocycles. The molecule has 26 heavy (non-hydrogen) atoms. The van der Waals surface area contributed by atoms with Gasteiger partial charge in [0.05, 0.1) is 17.6 Å². The van der Waals surface area contributed by atoms with Crippen molar-refractivity contribution in [3.05, 3.63) is 35.2 Å². The van der Waals surface area contributed by atoms with E-state index in [1.165, 1.54) is 11.3 Å². The van der Waals surface area contributed by atoms with Crippen LogP contribution in [0, 0.1) is 5.92 Å². The number of benzene rings is 1. The summed E-state index contributed by atoms with van der Waals surface area (Å²) in [4.78, 5) is 16.6. The van der Waals surface area contributed by atoms with E-state index in [2.05, 4.69) is 13.8 Å². The molecule has 0 bridgehead atoms. The van der Waals surface area contributed by atoms with Crippen LogP contribution in [0.3, 0.4) is 0 Å². The molecule has 0 radical (unpaired) electrons. The summed E-state index contributed by atoms with van der Waals surface area (Å²) in [6.45, 7) is 7.33. The van der Waals surface area contributed by atoms with E-state index in [-0.39, 0.29) is 12.0 Å². The summed E-state index contributed by atoms with van der Waals surface area (Å²) in [7, 11) is 0. The Bertz CT molecular complexity index is 801. The molecule has 2 aliphatic rings. The minimum atomic E-state index is 0.0905. The van der Waals surface area contributed by atoms with Gasteiger partial charge in [0.2, 0.25) is 0 Å². The molecule has 1 aromatic heterocycles. The molecule has 0 N–H and O–H groups in total. The van der Waals surface area contributed by atoms with Crippen LogP contribution in [-0.4, -0.2) is 49.8 Å². The Morgan fingerprint density at radius 3 is 2.73 bits per heavy atom. The molecule has 0 spiro atoms. The molecule has 6 heteroatoms. The maximum atomic E-state index is 12.9. The largest absolute Gasteiger partial charge is 0.486 e. The van der Waals surface area contributed by atoms with E-state index in [0.29, 0.717) is 38.8 Å². The molecule has 2 aromatic rings. The number of thiophene rings is 1. The van der Waals surface area contributed by atoms with Crippen molar-refractivity contribution in [2.75, 3.05) is 32.9 Å². The normalized spacial score (nSPS) is 19.7. The second-order valence-electron chi connectivity index (χ2n) is 6.93. The van der Waals surface area contributed by atoms with Crippen LogP contribution >= 0.6 is 11.3 Å². The summed E-state index contributed by atoms with van der Waals surface area (Å²) in [5.41, 5.74) is 1.04.